The number of esters is 1. The van der Waals surface area contributed by atoms with Crippen molar-refractivity contribution in [1.29, 1.82) is 0 Å². The van der Waals surface area contributed by atoms with Gasteiger partial charge in [0, 0.05) is 6.54 Å². The maximum absolute atomic E-state index is 11.9. The third kappa shape index (κ3) is 4.57. The monoisotopic (exact) mass is 346 g/mol. The first-order valence-electron chi connectivity index (χ1n) is 7.02. The van der Waals surface area contributed by atoms with Gasteiger partial charge in [0.15, 0.2) is 0 Å². The van der Waals surface area contributed by atoms with Crippen LogP contribution in [0.1, 0.15) is 15.9 Å². The van der Waals surface area contributed by atoms with E-state index in [4.69, 9.17) is 11.6 Å². The van der Waals surface area contributed by atoms with Crippen molar-refractivity contribution in [2.24, 2.45) is 0 Å². The van der Waals surface area contributed by atoms with Crippen molar-refractivity contribution < 1.29 is 19.1 Å². The topological polar surface area (TPSA) is 84.5 Å². The van der Waals surface area contributed by atoms with Crippen LogP contribution in [0.3, 0.4) is 0 Å². The van der Waals surface area contributed by atoms with E-state index in [9.17, 15) is 14.4 Å². The van der Waals surface area contributed by atoms with Gasteiger partial charge in [0.1, 0.15) is 0 Å². The fraction of sp³-hybridized carbons (Fsp3) is 0.118. The van der Waals surface area contributed by atoms with Crippen LogP contribution < -0.4 is 10.6 Å². The highest BCUT2D eigenvalue weighted by atomic mass is 35.5. The predicted octanol–water partition coefficient (Wildman–Crippen LogP) is 2.38. The van der Waals surface area contributed by atoms with Crippen LogP contribution in [-0.4, -0.2) is 24.9 Å². The Morgan fingerprint density at radius 2 is 1.75 bits per heavy atom. The molecule has 0 fully saturated rings. The van der Waals surface area contributed by atoms with Crippen LogP contribution in [-0.2, 0) is 20.9 Å². The second-order valence-corrected chi connectivity index (χ2v) is 5.22. The number of carbonyl (C=O) groups is 3. The molecule has 0 aromatic heterocycles. The van der Waals surface area contributed by atoms with E-state index in [0.717, 1.165) is 5.56 Å². The maximum Gasteiger partial charge on any atom is 0.337 e. The first-order valence-corrected chi connectivity index (χ1v) is 7.40. The Morgan fingerprint density at radius 3 is 2.42 bits per heavy atom. The van der Waals surface area contributed by atoms with Gasteiger partial charge in [0.25, 0.3) is 0 Å². The number of rotatable bonds is 4. The number of methoxy groups -OCH3 is 1. The molecule has 2 N–H and O–H groups in total. The summed E-state index contributed by atoms with van der Waals surface area (Å²) < 4.78 is 4.60. The second-order valence-electron chi connectivity index (χ2n) is 4.81. The Kier molecular flexibility index (Phi) is 5.92. The standard InChI is InChI=1S/C17H15ClN2O4/c1-24-17(23)12-7-8-13(18)14(9-12)20-16(22)15(21)19-10-11-5-3-2-4-6-11/h2-9H,10H2,1H3,(H,19,21)(H,20,22). The number of anilines is 1. The van der Waals surface area contributed by atoms with Gasteiger partial charge in [-0.1, -0.05) is 41.9 Å². The molecule has 0 saturated carbocycles. The molecule has 24 heavy (non-hydrogen) atoms. The zero-order chi connectivity index (χ0) is 17.5. The first kappa shape index (κ1) is 17.5. The normalized spacial score (nSPS) is 9.92. The molecule has 0 unspecified atom stereocenters. The molecule has 2 aromatic carbocycles. The maximum atomic E-state index is 11.9. The largest absolute Gasteiger partial charge is 0.465 e. The smallest absolute Gasteiger partial charge is 0.337 e. The summed E-state index contributed by atoms with van der Waals surface area (Å²) in [5, 5.41) is 5.08. The molecule has 0 aliphatic heterocycles. The highest BCUT2D eigenvalue weighted by molar-refractivity contribution is 6.41. The Hall–Kier alpha value is -2.86. The van der Waals surface area contributed by atoms with E-state index in [1.165, 1.54) is 25.3 Å². The fourth-order valence-electron chi connectivity index (χ4n) is 1.90. The number of ether oxygens (including phenoxy) is 1. The summed E-state index contributed by atoms with van der Waals surface area (Å²) in [6, 6.07) is 13.4. The molecular weight excluding hydrogens is 332 g/mol. The quantitative estimate of drug-likeness (QED) is 0.657. The average molecular weight is 347 g/mol. The summed E-state index contributed by atoms with van der Waals surface area (Å²) >= 11 is 5.97. The van der Waals surface area contributed by atoms with Gasteiger partial charge in [-0.25, -0.2) is 4.79 Å². The van der Waals surface area contributed by atoms with Gasteiger partial charge in [-0.05, 0) is 23.8 Å². The zero-order valence-electron chi connectivity index (χ0n) is 12.8. The summed E-state index contributed by atoms with van der Waals surface area (Å²) in [4.78, 5) is 35.3. The first-order chi connectivity index (χ1) is 11.5. The van der Waals surface area contributed by atoms with Gasteiger partial charge in [0.2, 0.25) is 0 Å². The molecule has 2 rings (SSSR count). The van der Waals surface area contributed by atoms with E-state index in [0.29, 0.717) is 0 Å². The lowest BCUT2D eigenvalue weighted by Gasteiger charge is -2.09. The molecule has 0 bridgehead atoms. The summed E-state index contributed by atoms with van der Waals surface area (Å²) in [7, 11) is 1.24. The third-order valence-electron chi connectivity index (χ3n) is 3.14. The van der Waals surface area contributed by atoms with Gasteiger partial charge in [-0.15, -0.1) is 0 Å². The number of carbonyl (C=O) groups excluding carboxylic acids is 3. The molecule has 0 radical (unpaired) electrons. The van der Waals surface area contributed by atoms with Gasteiger partial charge >= 0.3 is 17.8 Å². The lowest BCUT2D eigenvalue weighted by Crippen LogP contribution is -2.35. The molecule has 0 aliphatic rings. The van der Waals surface area contributed by atoms with E-state index in [1.807, 2.05) is 30.3 Å². The van der Waals surface area contributed by atoms with E-state index in [1.54, 1.807) is 0 Å². The van der Waals surface area contributed by atoms with Crippen molar-refractivity contribution in [2.75, 3.05) is 12.4 Å². The molecule has 0 atom stereocenters. The summed E-state index contributed by atoms with van der Waals surface area (Å²) in [6.07, 6.45) is 0. The Morgan fingerprint density at radius 1 is 1.04 bits per heavy atom. The molecule has 0 aliphatic carbocycles. The van der Waals surface area contributed by atoms with Crippen molar-refractivity contribution in [3.05, 3.63) is 64.7 Å². The molecule has 0 spiro atoms. The lowest BCUT2D eigenvalue weighted by atomic mass is 10.2. The van der Waals surface area contributed by atoms with Crippen molar-refractivity contribution in [1.82, 2.24) is 5.32 Å². The van der Waals surface area contributed by atoms with Crippen LogP contribution in [0.2, 0.25) is 5.02 Å². The van der Waals surface area contributed by atoms with Crippen LogP contribution >= 0.6 is 11.6 Å². The van der Waals surface area contributed by atoms with Gasteiger partial charge in [0.05, 0.1) is 23.4 Å². The van der Waals surface area contributed by atoms with Gasteiger partial charge in [-0.2, -0.15) is 0 Å². The van der Waals surface area contributed by atoms with Gasteiger partial charge in [-0.3, -0.25) is 9.59 Å². The lowest BCUT2D eigenvalue weighted by molar-refractivity contribution is -0.136. The molecule has 2 amide bonds. The number of amides is 2. The van der Waals surface area contributed by atoms with Crippen LogP contribution in [0, 0.1) is 0 Å². The van der Waals surface area contributed by atoms with Crippen LogP contribution in [0.5, 0.6) is 0 Å². The molecule has 0 heterocycles. The Balaban J connectivity index is 2.00. The van der Waals surface area contributed by atoms with Gasteiger partial charge < -0.3 is 15.4 Å². The molecule has 6 nitrogen and oxygen atoms in total. The minimum Gasteiger partial charge on any atom is -0.465 e. The number of hydrogen-bond acceptors (Lipinski definition) is 4. The molecule has 0 saturated heterocycles. The summed E-state index contributed by atoms with van der Waals surface area (Å²) in [6.45, 7) is 0.225. The predicted molar refractivity (Wildman–Crippen MR) is 89.7 cm³/mol. The minimum absolute atomic E-state index is 0.152. The Bertz CT molecular complexity index is 762. The van der Waals surface area contributed by atoms with E-state index in [-0.39, 0.29) is 22.8 Å². The number of halogens is 1. The molecule has 2 aromatic rings. The second kappa shape index (κ2) is 8.12. The highest BCUT2D eigenvalue weighted by Crippen LogP contribution is 2.23. The van der Waals surface area contributed by atoms with E-state index >= 15 is 0 Å². The van der Waals surface area contributed by atoms with Crippen molar-refractivity contribution in [3.8, 4) is 0 Å². The van der Waals surface area contributed by atoms with Crippen molar-refractivity contribution in [2.45, 2.75) is 6.54 Å². The van der Waals surface area contributed by atoms with E-state index < -0.39 is 17.8 Å². The fourth-order valence-corrected chi connectivity index (χ4v) is 2.07. The zero-order valence-corrected chi connectivity index (χ0v) is 13.6. The summed E-state index contributed by atoms with van der Waals surface area (Å²) in [5.74, 6) is -2.26. The van der Waals surface area contributed by atoms with Crippen molar-refractivity contribution in [3.63, 3.8) is 0 Å². The van der Waals surface area contributed by atoms with Crippen molar-refractivity contribution >= 4 is 35.1 Å². The third-order valence-corrected chi connectivity index (χ3v) is 3.47. The molecule has 124 valence electrons. The number of hydrogen-bond donors (Lipinski definition) is 2. The molecular formula is C17H15ClN2O4. The SMILES string of the molecule is COC(=O)c1ccc(Cl)c(NC(=O)C(=O)NCc2ccccc2)c1. The van der Waals surface area contributed by atoms with Crippen LogP contribution in [0.25, 0.3) is 0 Å². The number of nitrogens with one attached hydrogen (secondary N) is 2. The minimum atomic E-state index is -0.880. The van der Waals surface area contributed by atoms with E-state index in [2.05, 4.69) is 15.4 Å². The Labute approximate surface area is 143 Å². The average Bonchev–Trinajstić information content (AvgIpc) is 2.61. The number of benzene rings is 2. The molecule has 7 heteroatoms. The summed E-state index contributed by atoms with van der Waals surface area (Å²) in [5.41, 5.74) is 1.23. The highest BCUT2D eigenvalue weighted by Gasteiger charge is 2.16. The van der Waals surface area contributed by atoms with Crippen LogP contribution in [0.15, 0.2) is 48.5 Å². The van der Waals surface area contributed by atoms with Crippen LogP contribution in [0.4, 0.5) is 5.69 Å².